The lowest BCUT2D eigenvalue weighted by atomic mass is 10.1. The van der Waals surface area contributed by atoms with Gasteiger partial charge in [0.25, 0.3) is 0 Å². The third kappa shape index (κ3) is 6.77. The van der Waals surface area contributed by atoms with Crippen LogP contribution >= 0.6 is 11.6 Å². The summed E-state index contributed by atoms with van der Waals surface area (Å²) in [6.45, 7) is 7.23. The summed E-state index contributed by atoms with van der Waals surface area (Å²) in [5.41, 5.74) is 0.799. The number of likely N-dealkylation sites (N-methyl/N-ethyl adjacent to an activating group) is 1. The number of likely N-dealkylation sites (tertiary alicyclic amines) is 1. The van der Waals surface area contributed by atoms with Crippen molar-refractivity contribution in [3.05, 3.63) is 35.2 Å². The Morgan fingerprint density at radius 3 is 2.75 bits per heavy atom. The second-order valence-corrected chi connectivity index (χ2v) is 8.27. The largest absolute Gasteiger partial charge is 0.466 e. The van der Waals surface area contributed by atoms with Crippen LogP contribution in [0.2, 0.25) is 5.02 Å². The second-order valence-electron chi connectivity index (χ2n) is 7.84. The number of amides is 1. The molecular formula is C23H31ClN4O4. The summed E-state index contributed by atoms with van der Waals surface area (Å²) >= 11 is 5.92. The van der Waals surface area contributed by atoms with Crippen LogP contribution in [0.25, 0.3) is 11.4 Å². The van der Waals surface area contributed by atoms with E-state index < -0.39 is 0 Å². The van der Waals surface area contributed by atoms with Gasteiger partial charge in [0.15, 0.2) is 0 Å². The fourth-order valence-corrected chi connectivity index (χ4v) is 4.12. The fourth-order valence-electron chi connectivity index (χ4n) is 3.99. The van der Waals surface area contributed by atoms with E-state index in [1.807, 2.05) is 12.1 Å². The Morgan fingerprint density at radius 2 is 2.03 bits per heavy atom. The molecule has 0 radical (unpaired) electrons. The van der Waals surface area contributed by atoms with E-state index in [1.165, 1.54) is 0 Å². The maximum Gasteiger partial charge on any atom is 0.307 e. The number of halogens is 1. The van der Waals surface area contributed by atoms with Crippen molar-refractivity contribution in [3.63, 3.8) is 0 Å². The molecule has 0 saturated carbocycles. The molecule has 32 heavy (non-hydrogen) atoms. The Bertz CT molecular complexity index is 886. The highest BCUT2D eigenvalue weighted by molar-refractivity contribution is 6.30. The van der Waals surface area contributed by atoms with Gasteiger partial charge in [-0.2, -0.15) is 4.98 Å². The van der Waals surface area contributed by atoms with Crippen LogP contribution in [0.5, 0.6) is 0 Å². The number of aromatic nitrogens is 2. The van der Waals surface area contributed by atoms with Crippen LogP contribution in [-0.2, 0) is 20.7 Å². The van der Waals surface area contributed by atoms with Crippen molar-refractivity contribution in [3.8, 4) is 11.4 Å². The molecule has 8 nitrogen and oxygen atoms in total. The van der Waals surface area contributed by atoms with E-state index in [0.717, 1.165) is 31.5 Å². The first-order valence-corrected chi connectivity index (χ1v) is 11.6. The Labute approximate surface area is 193 Å². The summed E-state index contributed by atoms with van der Waals surface area (Å²) in [6.07, 6.45) is 2.97. The van der Waals surface area contributed by atoms with Crippen molar-refractivity contribution < 1.29 is 18.8 Å². The number of benzene rings is 1. The lowest BCUT2D eigenvalue weighted by Crippen LogP contribution is -2.44. The number of esters is 1. The van der Waals surface area contributed by atoms with E-state index in [4.69, 9.17) is 20.9 Å². The fraction of sp³-hybridized carbons (Fsp3) is 0.565. The Balaban J connectivity index is 1.59. The third-order valence-corrected chi connectivity index (χ3v) is 5.96. The third-order valence-electron chi connectivity index (χ3n) is 5.70. The predicted molar refractivity (Wildman–Crippen MR) is 121 cm³/mol. The van der Waals surface area contributed by atoms with Crippen LogP contribution in [0.1, 0.15) is 45.4 Å². The number of nitrogens with zero attached hydrogens (tertiary/aromatic N) is 4. The number of aryl methyl sites for hydroxylation is 1. The Hall–Kier alpha value is -2.45. The molecule has 1 atom stereocenters. The molecule has 1 aliphatic heterocycles. The zero-order valence-corrected chi connectivity index (χ0v) is 19.5. The molecule has 0 bridgehead atoms. The van der Waals surface area contributed by atoms with Gasteiger partial charge in [-0.05, 0) is 57.1 Å². The van der Waals surface area contributed by atoms with Gasteiger partial charge in [-0.3, -0.25) is 14.5 Å². The summed E-state index contributed by atoms with van der Waals surface area (Å²) in [5.74, 6) is 0.564. The monoisotopic (exact) mass is 462 g/mol. The molecule has 9 heteroatoms. The van der Waals surface area contributed by atoms with Crippen molar-refractivity contribution in [1.29, 1.82) is 0 Å². The van der Waals surface area contributed by atoms with Gasteiger partial charge in [0.1, 0.15) is 0 Å². The molecule has 1 aliphatic rings. The molecule has 1 aromatic carbocycles. The van der Waals surface area contributed by atoms with Crippen molar-refractivity contribution in [2.75, 3.05) is 32.8 Å². The average molecular weight is 463 g/mol. The van der Waals surface area contributed by atoms with Gasteiger partial charge >= 0.3 is 5.97 Å². The number of rotatable bonds is 11. The molecule has 1 saturated heterocycles. The van der Waals surface area contributed by atoms with E-state index in [1.54, 1.807) is 24.0 Å². The van der Waals surface area contributed by atoms with Crippen LogP contribution in [-0.4, -0.2) is 70.6 Å². The number of hydrogen-bond acceptors (Lipinski definition) is 7. The zero-order chi connectivity index (χ0) is 22.9. The molecule has 0 aliphatic carbocycles. The molecule has 3 rings (SSSR count). The van der Waals surface area contributed by atoms with Crippen molar-refractivity contribution in [2.45, 2.75) is 52.0 Å². The minimum absolute atomic E-state index is 0.0245. The minimum atomic E-state index is -0.284. The molecule has 0 spiro atoms. The molecule has 2 aromatic rings. The van der Waals surface area contributed by atoms with E-state index in [9.17, 15) is 9.59 Å². The molecule has 1 aromatic heterocycles. The smallest absolute Gasteiger partial charge is 0.307 e. The average Bonchev–Trinajstić information content (AvgIpc) is 3.45. The maximum absolute atomic E-state index is 13.0. The summed E-state index contributed by atoms with van der Waals surface area (Å²) in [6, 6.07) is 7.49. The van der Waals surface area contributed by atoms with E-state index in [0.29, 0.717) is 48.9 Å². The normalized spacial score (nSPS) is 16.3. The van der Waals surface area contributed by atoms with Crippen LogP contribution in [0.3, 0.4) is 0 Å². The van der Waals surface area contributed by atoms with Crippen molar-refractivity contribution in [2.24, 2.45) is 0 Å². The van der Waals surface area contributed by atoms with Gasteiger partial charge in [0.05, 0.1) is 13.0 Å². The predicted octanol–water partition coefficient (Wildman–Crippen LogP) is 3.59. The van der Waals surface area contributed by atoms with Crippen molar-refractivity contribution >= 4 is 23.5 Å². The minimum Gasteiger partial charge on any atom is -0.466 e. The standard InChI is InChI=1S/C23H31ClN4O4/c1-3-27-14-5-6-19(27)16-28(15-13-22(30)31-4-2)21(29)12-11-20-25-23(26-32-20)17-7-9-18(24)10-8-17/h7-10,19H,3-6,11-16H2,1-2H3. The zero-order valence-electron chi connectivity index (χ0n) is 18.8. The van der Waals surface area contributed by atoms with Gasteiger partial charge in [0.2, 0.25) is 17.6 Å². The topological polar surface area (TPSA) is 88.8 Å². The first-order chi connectivity index (χ1) is 15.5. The lowest BCUT2D eigenvalue weighted by Gasteiger charge is -2.30. The molecular weight excluding hydrogens is 432 g/mol. The number of carbonyl (C=O) groups excluding carboxylic acids is 2. The van der Waals surface area contributed by atoms with E-state index in [2.05, 4.69) is 22.0 Å². The molecule has 174 valence electrons. The van der Waals surface area contributed by atoms with Crippen LogP contribution in [0.4, 0.5) is 0 Å². The summed E-state index contributed by atoms with van der Waals surface area (Å²) in [7, 11) is 0. The molecule has 0 N–H and O–H groups in total. The number of carbonyl (C=O) groups is 2. The highest BCUT2D eigenvalue weighted by Crippen LogP contribution is 2.20. The van der Waals surface area contributed by atoms with Gasteiger partial charge in [-0.15, -0.1) is 0 Å². The van der Waals surface area contributed by atoms with Crippen LogP contribution in [0, 0.1) is 0 Å². The first kappa shape index (κ1) is 24.2. The van der Waals surface area contributed by atoms with Crippen LogP contribution < -0.4 is 0 Å². The molecule has 1 fully saturated rings. The van der Waals surface area contributed by atoms with Gasteiger partial charge < -0.3 is 14.2 Å². The maximum atomic E-state index is 13.0. The summed E-state index contributed by atoms with van der Waals surface area (Å²) in [5, 5.41) is 4.64. The summed E-state index contributed by atoms with van der Waals surface area (Å²) in [4.78, 5) is 33.5. The number of hydrogen-bond donors (Lipinski definition) is 0. The van der Waals surface area contributed by atoms with Gasteiger partial charge in [0, 0.05) is 42.6 Å². The highest BCUT2D eigenvalue weighted by atomic mass is 35.5. The Morgan fingerprint density at radius 1 is 1.25 bits per heavy atom. The molecule has 1 amide bonds. The first-order valence-electron chi connectivity index (χ1n) is 11.3. The van der Waals surface area contributed by atoms with Crippen LogP contribution in [0.15, 0.2) is 28.8 Å². The second kappa shape index (κ2) is 12.0. The SMILES string of the molecule is CCOC(=O)CCN(CC1CCCN1CC)C(=O)CCc1nc(-c2ccc(Cl)cc2)no1. The lowest BCUT2D eigenvalue weighted by molar-refractivity contribution is -0.144. The quantitative estimate of drug-likeness (QED) is 0.471. The summed E-state index contributed by atoms with van der Waals surface area (Å²) < 4.78 is 10.4. The van der Waals surface area contributed by atoms with E-state index >= 15 is 0 Å². The van der Waals surface area contributed by atoms with Crippen molar-refractivity contribution in [1.82, 2.24) is 19.9 Å². The van der Waals surface area contributed by atoms with Gasteiger partial charge in [-0.1, -0.05) is 23.7 Å². The Kier molecular flexibility index (Phi) is 9.05. The van der Waals surface area contributed by atoms with E-state index in [-0.39, 0.29) is 24.7 Å². The van der Waals surface area contributed by atoms with Gasteiger partial charge in [-0.25, -0.2) is 0 Å². The highest BCUT2D eigenvalue weighted by Gasteiger charge is 2.27. The number of ether oxygens (including phenoxy) is 1. The molecule has 1 unspecified atom stereocenters. The molecule has 2 heterocycles.